The van der Waals surface area contributed by atoms with Gasteiger partial charge in [-0.3, -0.25) is 0 Å². The van der Waals surface area contributed by atoms with E-state index in [1.807, 2.05) is 0 Å². The molecule has 3 heteroatoms. The molecule has 0 saturated heterocycles. The van der Waals surface area contributed by atoms with Crippen molar-refractivity contribution in [2.75, 3.05) is 26.9 Å². The fourth-order valence-corrected chi connectivity index (χ4v) is 3.44. The molecule has 0 saturated carbocycles. The summed E-state index contributed by atoms with van der Waals surface area (Å²) in [6, 6.07) is 0. The van der Waals surface area contributed by atoms with E-state index in [2.05, 4.69) is 143 Å². The van der Waals surface area contributed by atoms with E-state index in [1.165, 1.54) is 51.4 Å². The van der Waals surface area contributed by atoms with Gasteiger partial charge in [0.1, 0.15) is 0 Å². The van der Waals surface area contributed by atoms with Gasteiger partial charge in [0.2, 0.25) is 0 Å². The van der Waals surface area contributed by atoms with Crippen LogP contribution in [0.2, 0.25) is 0 Å². The second kappa shape index (κ2) is 61.0. The third-order valence-corrected chi connectivity index (χ3v) is 5.88. The molecular formula is C46H106O2U. The van der Waals surface area contributed by atoms with E-state index < -0.39 is 0 Å². The fourth-order valence-electron chi connectivity index (χ4n) is 3.44. The average molecular weight is 929 g/mol. The Hall–Kier alpha value is 0.972. The van der Waals surface area contributed by atoms with Crippen molar-refractivity contribution in [3.8, 4) is 0 Å². The molecule has 0 aromatic heterocycles. The van der Waals surface area contributed by atoms with E-state index in [0.717, 1.165) is 67.0 Å². The van der Waals surface area contributed by atoms with Crippen molar-refractivity contribution in [2.45, 2.75) is 205 Å². The second-order valence-electron chi connectivity index (χ2n) is 15.8. The molecule has 0 fully saturated rings. The first-order valence-corrected chi connectivity index (χ1v) is 18.8. The molecule has 0 radical (unpaired) electrons. The molecule has 0 aliphatic rings. The summed E-state index contributed by atoms with van der Waals surface area (Å²) in [7, 11) is 1.68. The van der Waals surface area contributed by atoms with Gasteiger partial charge in [0.05, 0.1) is 13.2 Å². The van der Waals surface area contributed by atoms with Crippen molar-refractivity contribution in [2.24, 2.45) is 47.3 Å². The fraction of sp³-hybridized carbons (Fsp3) is 0.913. The normalized spacial score (nSPS) is 9.92. The Morgan fingerprint density at radius 3 is 0.653 bits per heavy atom. The Morgan fingerprint density at radius 1 is 0.347 bits per heavy atom. The summed E-state index contributed by atoms with van der Waals surface area (Å²) in [6.07, 6.45) is 20.9. The van der Waals surface area contributed by atoms with Crippen LogP contribution in [0.1, 0.15) is 205 Å². The summed E-state index contributed by atoms with van der Waals surface area (Å²) in [4.78, 5) is 0. The van der Waals surface area contributed by atoms with Gasteiger partial charge in [-0.2, -0.15) is 51.4 Å². The number of rotatable bonds is 21. The molecule has 0 heterocycles. The number of hydrogen-bond donors (Lipinski definition) is 0. The minimum atomic E-state index is 0. The van der Waals surface area contributed by atoms with Gasteiger partial charge < -0.3 is 35.2 Å². The van der Waals surface area contributed by atoms with Gasteiger partial charge in [-0.15, -0.1) is 0 Å². The maximum Gasteiger partial charge on any atom is 4.00 e. The molecule has 0 amide bonds. The molecule has 0 aliphatic carbocycles. The molecule has 0 N–H and O–H groups in total. The van der Waals surface area contributed by atoms with Crippen LogP contribution in [0.5, 0.6) is 0 Å². The Bertz CT molecular complexity index is 346. The zero-order chi connectivity index (χ0) is 35.3. The van der Waals surface area contributed by atoms with Crippen molar-refractivity contribution >= 4 is 0 Å². The van der Waals surface area contributed by atoms with Crippen LogP contribution >= 0.6 is 0 Å². The third-order valence-electron chi connectivity index (χ3n) is 5.88. The van der Waals surface area contributed by atoms with Gasteiger partial charge in [0.25, 0.3) is 0 Å². The SMILES string of the molecule is C.C.C.C.CC(C)C[CH-]CC(C)C.CC(C)C[CH-]CC(C)C.CC(C)C[CH-]CC(C)C.CC(C)C[CH-]CC(C)C.CCCOCCOC.[U+4]. The van der Waals surface area contributed by atoms with Crippen LogP contribution in [-0.2, 0) is 9.47 Å². The molecule has 2 nitrogen and oxygen atoms in total. The minimum absolute atomic E-state index is 0. The van der Waals surface area contributed by atoms with Crippen molar-refractivity contribution in [1.29, 1.82) is 0 Å². The first-order chi connectivity index (χ1) is 20.4. The molecule has 0 aromatic rings. The van der Waals surface area contributed by atoms with Crippen molar-refractivity contribution in [1.82, 2.24) is 0 Å². The molecule has 306 valence electrons. The standard InChI is InChI=1S/4C9H19.C6H14O2.4CH4.U/c4*1-8(2)6-5-7-9(3)4;1-3-4-8-6-5-7-2;;;;;/h4*5,8-9H,6-7H2,1-4H3;3-6H2,1-2H3;4*1H4;/q4*-1;;;;;;+4. The summed E-state index contributed by atoms with van der Waals surface area (Å²) in [5.41, 5.74) is 0. The van der Waals surface area contributed by atoms with Crippen LogP contribution in [0.25, 0.3) is 0 Å². The molecule has 0 aliphatic heterocycles. The molecule has 0 aromatic carbocycles. The van der Waals surface area contributed by atoms with Crippen molar-refractivity contribution in [3.63, 3.8) is 0 Å². The molecule has 0 rings (SSSR count). The summed E-state index contributed by atoms with van der Waals surface area (Å²) >= 11 is 0. The number of ether oxygens (including phenoxy) is 2. The summed E-state index contributed by atoms with van der Waals surface area (Å²) < 4.78 is 9.86. The van der Waals surface area contributed by atoms with Crippen LogP contribution in [-0.4, -0.2) is 26.9 Å². The van der Waals surface area contributed by atoms with Crippen LogP contribution < -0.4 is 0 Å². The summed E-state index contributed by atoms with van der Waals surface area (Å²) in [5, 5.41) is 0. The van der Waals surface area contributed by atoms with Crippen molar-refractivity contribution in [3.05, 3.63) is 25.7 Å². The van der Waals surface area contributed by atoms with E-state index in [9.17, 15) is 0 Å². The monoisotopic (exact) mass is 929 g/mol. The predicted molar refractivity (Wildman–Crippen MR) is 233 cm³/mol. The first kappa shape index (κ1) is 75.0. The zero-order valence-electron chi connectivity index (χ0n) is 34.7. The zero-order valence-corrected chi connectivity index (χ0v) is 38.9. The second-order valence-corrected chi connectivity index (χ2v) is 15.8. The number of hydrogen-bond acceptors (Lipinski definition) is 2. The third kappa shape index (κ3) is 120. The topological polar surface area (TPSA) is 18.5 Å². The summed E-state index contributed by atoms with van der Waals surface area (Å²) in [6.45, 7) is 40.5. The Balaban J connectivity index is -0.0000000473. The van der Waals surface area contributed by atoms with E-state index in [1.54, 1.807) is 7.11 Å². The van der Waals surface area contributed by atoms with Crippen LogP contribution in [0.3, 0.4) is 0 Å². The maximum atomic E-state index is 5.10. The van der Waals surface area contributed by atoms with Crippen LogP contribution in [0.4, 0.5) is 0 Å². The van der Waals surface area contributed by atoms with Gasteiger partial charge in [-0.05, 0) is 6.42 Å². The molecule has 0 unspecified atom stereocenters. The molecule has 0 bridgehead atoms. The first-order valence-electron chi connectivity index (χ1n) is 18.8. The van der Waals surface area contributed by atoms with Crippen molar-refractivity contribution < 1.29 is 40.6 Å². The van der Waals surface area contributed by atoms with E-state index in [-0.39, 0.29) is 60.8 Å². The molecule has 0 spiro atoms. The maximum absolute atomic E-state index is 5.10. The average Bonchev–Trinajstić information content (AvgIpc) is 2.86. The Kier molecular flexibility index (Phi) is 93.4. The van der Waals surface area contributed by atoms with Gasteiger partial charge in [-0.25, -0.2) is 0 Å². The largest absolute Gasteiger partial charge is 4.00 e. The molecular weight excluding hydrogens is 823 g/mol. The van der Waals surface area contributed by atoms with Gasteiger partial charge in [0.15, 0.2) is 0 Å². The van der Waals surface area contributed by atoms with E-state index >= 15 is 0 Å². The van der Waals surface area contributed by atoms with Gasteiger partial charge in [-0.1, -0.05) is 195 Å². The molecule has 49 heavy (non-hydrogen) atoms. The van der Waals surface area contributed by atoms with E-state index in [4.69, 9.17) is 9.47 Å². The predicted octanol–water partition coefficient (Wildman–Crippen LogP) is 16.7. The molecule has 0 atom stereocenters. The van der Waals surface area contributed by atoms with E-state index in [0.29, 0.717) is 6.61 Å². The summed E-state index contributed by atoms with van der Waals surface area (Å²) in [5.74, 6) is 6.69. The van der Waals surface area contributed by atoms with Gasteiger partial charge in [0, 0.05) is 13.7 Å². The van der Waals surface area contributed by atoms with Crippen LogP contribution in [0.15, 0.2) is 0 Å². The smallest absolute Gasteiger partial charge is 0.382 e. The van der Waals surface area contributed by atoms with Crippen LogP contribution in [0, 0.1) is 104 Å². The number of methoxy groups -OCH3 is 1. The quantitative estimate of drug-likeness (QED) is 0.0843. The minimum Gasteiger partial charge on any atom is -0.382 e. The Labute approximate surface area is 343 Å². The van der Waals surface area contributed by atoms with Gasteiger partial charge >= 0.3 is 31.1 Å². The Morgan fingerprint density at radius 2 is 0.531 bits per heavy atom.